The first-order valence-electron chi connectivity index (χ1n) is 6.32. The lowest BCUT2D eigenvalue weighted by atomic mass is 10.2. The maximum atomic E-state index is 12.5. The smallest absolute Gasteiger partial charge is 0.207 e. The van der Waals surface area contributed by atoms with E-state index in [1.165, 1.54) is 4.31 Å². The molecule has 104 valence electrons. The van der Waals surface area contributed by atoms with Crippen molar-refractivity contribution in [3.63, 3.8) is 0 Å². The molecule has 0 aromatic heterocycles. The third-order valence-electron chi connectivity index (χ3n) is 3.43. The molecule has 0 saturated carbocycles. The molecule has 3 nitrogen and oxygen atoms in total. The lowest BCUT2D eigenvalue weighted by Gasteiger charge is -2.07. The summed E-state index contributed by atoms with van der Waals surface area (Å²) in [5.41, 5.74) is 2.08. The molecule has 20 heavy (non-hydrogen) atoms. The Labute approximate surface area is 127 Å². The summed E-state index contributed by atoms with van der Waals surface area (Å²) in [6, 6.07) is 14.7. The Bertz CT molecular complexity index is 741. The minimum Gasteiger partial charge on any atom is -0.207 e. The van der Waals surface area contributed by atoms with Crippen LogP contribution >= 0.6 is 15.9 Å². The summed E-state index contributed by atoms with van der Waals surface area (Å²) in [6.07, 6.45) is 0. The van der Waals surface area contributed by atoms with Gasteiger partial charge in [0.2, 0.25) is 10.0 Å². The summed E-state index contributed by atoms with van der Waals surface area (Å²) in [6.45, 7) is 2.49. The SMILES string of the molecule is Cc1ccc(S(=O)(=O)N2C[C@@H]2c2cccc(Br)c2)cc1. The molecule has 1 unspecified atom stereocenters. The molecule has 0 amide bonds. The van der Waals surface area contributed by atoms with Crippen LogP contribution in [-0.4, -0.2) is 19.3 Å². The van der Waals surface area contributed by atoms with Crippen molar-refractivity contribution in [3.05, 3.63) is 64.1 Å². The van der Waals surface area contributed by atoms with E-state index >= 15 is 0 Å². The van der Waals surface area contributed by atoms with Gasteiger partial charge in [0.05, 0.1) is 10.9 Å². The Morgan fingerprint density at radius 2 is 1.85 bits per heavy atom. The summed E-state index contributed by atoms with van der Waals surface area (Å²) in [5.74, 6) is 0. The molecular formula is C15H14BrNO2S. The number of rotatable bonds is 3. The third kappa shape index (κ3) is 2.53. The quantitative estimate of drug-likeness (QED) is 0.793. The third-order valence-corrected chi connectivity index (χ3v) is 5.81. The van der Waals surface area contributed by atoms with Crippen LogP contribution in [0.1, 0.15) is 17.2 Å². The van der Waals surface area contributed by atoms with E-state index in [9.17, 15) is 8.42 Å². The van der Waals surface area contributed by atoms with Crippen LogP contribution in [0.5, 0.6) is 0 Å². The zero-order chi connectivity index (χ0) is 14.3. The molecule has 1 aliphatic rings. The Morgan fingerprint density at radius 3 is 2.50 bits per heavy atom. The monoisotopic (exact) mass is 351 g/mol. The van der Waals surface area contributed by atoms with Gasteiger partial charge in [0, 0.05) is 11.0 Å². The van der Waals surface area contributed by atoms with E-state index < -0.39 is 10.0 Å². The standard InChI is InChI=1S/C15H14BrNO2S/c1-11-5-7-14(8-6-11)20(18,19)17-10-15(17)12-3-2-4-13(16)9-12/h2-9,15H,10H2,1H3/t15-,17?/m1/s1. The highest BCUT2D eigenvalue weighted by atomic mass is 79.9. The van der Waals surface area contributed by atoms with Gasteiger partial charge >= 0.3 is 0 Å². The van der Waals surface area contributed by atoms with Crippen molar-refractivity contribution in [2.24, 2.45) is 0 Å². The zero-order valence-electron chi connectivity index (χ0n) is 11.0. The van der Waals surface area contributed by atoms with Gasteiger partial charge in [0.25, 0.3) is 0 Å². The average molecular weight is 352 g/mol. The lowest BCUT2D eigenvalue weighted by molar-refractivity contribution is 0.554. The fraction of sp³-hybridized carbons (Fsp3) is 0.200. The molecule has 1 aliphatic heterocycles. The molecule has 2 aromatic rings. The average Bonchev–Trinajstić information content (AvgIpc) is 3.20. The lowest BCUT2D eigenvalue weighted by Crippen LogP contribution is -2.12. The van der Waals surface area contributed by atoms with Gasteiger partial charge in [-0.15, -0.1) is 0 Å². The molecule has 3 rings (SSSR count). The summed E-state index contributed by atoms with van der Waals surface area (Å²) in [5, 5.41) is 0. The highest BCUT2D eigenvalue weighted by Gasteiger charge is 2.45. The van der Waals surface area contributed by atoms with E-state index in [1.807, 2.05) is 43.3 Å². The first kappa shape index (κ1) is 13.8. The van der Waals surface area contributed by atoms with Gasteiger partial charge in [0.1, 0.15) is 0 Å². The number of sulfonamides is 1. The molecule has 0 radical (unpaired) electrons. The Kier molecular flexibility index (Phi) is 3.44. The maximum Gasteiger partial charge on any atom is 0.243 e. The summed E-state index contributed by atoms with van der Waals surface area (Å²) in [7, 11) is -3.37. The maximum absolute atomic E-state index is 12.5. The van der Waals surface area contributed by atoms with Crippen molar-refractivity contribution in [3.8, 4) is 0 Å². The van der Waals surface area contributed by atoms with Crippen LogP contribution in [-0.2, 0) is 10.0 Å². The topological polar surface area (TPSA) is 37.1 Å². The first-order valence-corrected chi connectivity index (χ1v) is 8.56. The number of aryl methyl sites for hydroxylation is 1. The molecule has 2 atom stereocenters. The van der Waals surface area contributed by atoms with Crippen LogP contribution in [0, 0.1) is 6.92 Å². The van der Waals surface area contributed by atoms with Gasteiger partial charge in [-0.3, -0.25) is 0 Å². The zero-order valence-corrected chi connectivity index (χ0v) is 13.4. The first-order chi connectivity index (χ1) is 9.48. The van der Waals surface area contributed by atoms with Gasteiger partial charge in [-0.2, -0.15) is 4.31 Å². The van der Waals surface area contributed by atoms with E-state index in [4.69, 9.17) is 0 Å². The second kappa shape index (κ2) is 4.98. The van der Waals surface area contributed by atoms with E-state index in [1.54, 1.807) is 12.1 Å². The number of hydrogen-bond donors (Lipinski definition) is 0. The number of nitrogens with zero attached hydrogens (tertiary/aromatic N) is 1. The molecule has 1 saturated heterocycles. The second-order valence-corrected chi connectivity index (χ2v) is 7.76. The molecule has 5 heteroatoms. The molecule has 0 aliphatic carbocycles. The van der Waals surface area contributed by atoms with Gasteiger partial charge < -0.3 is 0 Å². The van der Waals surface area contributed by atoms with E-state index in [2.05, 4.69) is 15.9 Å². The minimum atomic E-state index is -3.37. The number of halogens is 1. The fourth-order valence-electron chi connectivity index (χ4n) is 2.22. The molecule has 0 bridgehead atoms. The Morgan fingerprint density at radius 1 is 1.15 bits per heavy atom. The van der Waals surface area contributed by atoms with Gasteiger partial charge in [0.15, 0.2) is 0 Å². The van der Waals surface area contributed by atoms with Crippen LogP contribution in [0.25, 0.3) is 0 Å². The molecule has 0 N–H and O–H groups in total. The van der Waals surface area contributed by atoms with Gasteiger partial charge in [-0.05, 0) is 36.8 Å². The normalized spacial score (nSPS) is 21.7. The van der Waals surface area contributed by atoms with Crippen molar-refractivity contribution in [1.82, 2.24) is 4.31 Å². The predicted octanol–water partition coefficient (Wildman–Crippen LogP) is 3.50. The van der Waals surface area contributed by atoms with Gasteiger partial charge in [-0.25, -0.2) is 8.42 Å². The Balaban J connectivity index is 1.86. The minimum absolute atomic E-state index is 0.0428. The van der Waals surface area contributed by atoms with Crippen LogP contribution in [0.3, 0.4) is 0 Å². The second-order valence-electron chi connectivity index (χ2n) is 4.96. The van der Waals surface area contributed by atoms with E-state index in [0.29, 0.717) is 11.4 Å². The summed E-state index contributed by atoms with van der Waals surface area (Å²) in [4.78, 5) is 0.362. The number of benzene rings is 2. The van der Waals surface area contributed by atoms with Crippen molar-refractivity contribution in [2.45, 2.75) is 17.9 Å². The van der Waals surface area contributed by atoms with Crippen LogP contribution in [0.4, 0.5) is 0 Å². The molecule has 1 fully saturated rings. The van der Waals surface area contributed by atoms with Crippen LogP contribution < -0.4 is 0 Å². The van der Waals surface area contributed by atoms with Crippen molar-refractivity contribution >= 4 is 26.0 Å². The van der Waals surface area contributed by atoms with Gasteiger partial charge in [-0.1, -0.05) is 45.8 Å². The molecule has 2 aromatic carbocycles. The van der Waals surface area contributed by atoms with E-state index in [-0.39, 0.29) is 6.04 Å². The Hall–Kier alpha value is -1.17. The number of hydrogen-bond acceptors (Lipinski definition) is 2. The van der Waals surface area contributed by atoms with Crippen molar-refractivity contribution in [1.29, 1.82) is 0 Å². The van der Waals surface area contributed by atoms with Crippen LogP contribution in [0.2, 0.25) is 0 Å². The van der Waals surface area contributed by atoms with Crippen molar-refractivity contribution in [2.75, 3.05) is 6.54 Å². The largest absolute Gasteiger partial charge is 0.243 e. The van der Waals surface area contributed by atoms with Crippen molar-refractivity contribution < 1.29 is 8.42 Å². The molecular weight excluding hydrogens is 338 g/mol. The summed E-state index contributed by atoms with van der Waals surface area (Å²) < 4.78 is 27.5. The molecule has 1 heterocycles. The predicted molar refractivity (Wildman–Crippen MR) is 82.0 cm³/mol. The van der Waals surface area contributed by atoms with E-state index in [0.717, 1.165) is 15.6 Å². The van der Waals surface area contributed by atoms with Crippen LogP contribution in [0.15, 0.2) is 57.9 Å². The summed E-state index contributed by atoms with van der Waals surface area (Å²) >= 11 is 3.41. The molecule has 0 spiro atoms. The fourth-order valence-corrected chi connectivity index (χ4v) is 4.18. The highest BCUT2D eigenvalue weighted by Crippen LogP contribution is 2.40. The highest BCUT2D eigenvalue weighted by molar-refractivity contribution is 9.10.